The quantitative estimate of drug-likeness (QED) is 0.591. The minimum Gasteiger partial charge on any atom is -0.495 e. The van der Waals surface area contributed by atoms with Crippen LogP contribution < -0.4 is 14.4 Å². The lowest BCUT2D eigenvalue weighted by atomic mass is 10.1. The molecule has 0 atom stereocenters. The Kier molecular flexibility index (Phi) is 6.65. The summed E-state index contributed by atoms with van der Waals surface area (Å²) in [5.41, 5.74) is 3.74. The Balaban J connectivity index is 2.06. The number of methoxy groups -OCH3 is 1. The normalized spacial score (nSPS) is 11.1. The highest BCUT2D eigenvalue weighted by Gasteiger charge is 2.30. The van der Waals surface area contributed by atoms with Crippen LogP contribution in [-0.4, -0.2) is 28.0 Å². The molecule has 0 bridgehead atoms. The van der Waals surface area contributed by atoms with Crippen molar-refractivity contribution in [2.24, 2.45) is 0 Å². The molecule has 3 aromatic rings. The molecule has 0 aliphatic carbocycles. The minimum atomic E-state index is -4.09. The fourth-order valence-corrected chi connectivity index (χ4v) is 4.81. The van der Waals surface area contributed by atoms with Gasteiger partial charge in [-0.1, -0.05) is 30.3 Å². The van der Waals surface area contributed by atoms with E-state index in [1.165, 1.54) is 7.11 Å². The molecule has 0 radical (unpaired) electrons. The van der Waals surface area contributed by atoms with Crippen molar-refractivity contribution in [3.8, 4) is 5.75 Å². The first-order chi connectivity index (χ1) is 14.7. The van der Waals surface area contributed by atoms with Crippen molar-refractivity contribution < 1.29 is 17.9 Å². The maximum atomic E-state index is 13.7. The highest BCUT2D eigenvalue weighted by Crippen LogP contribution is 2.31. The smallest absolute Gasteiger partial charge is 0.268 e. The lowest BCUT2D eigenvalue weighted by Crippen LogP contribution is -2.38. The zero-order chi connectivity index (χ0) is 22.6. The summed E-state index contributed by atoms with van der Waals surface area (Å²) < 4.78 is 33.9. The first-order valence-electron chi connectivity index (χ1n) is 9.82. The number of ether oxygens (including phenoxy) is 1. The summed E-state index contributed by atoms with van der Waals surface area (Å²) in [4.78, 5) is 12.8. The molecule has 0 spiro atoms. The van der Waals surface area contributed by atoms with E-state index in [2.05, 4.69) is 5.32 Å². The van der Waals surface area contributed by atoms with Gasteiger partial charge < -0.3 is 10.1 Å². The average Bonchev–Trinajstić information content (AvgIpc) is 2.74. The summed E-state index contributed by atoms with van der Waals surface area (Å²) in [5, 5.41) is 2.76. The number of hydrogen-bond donors (Lipinski definition) is 1. The van der Waals surface area contributed by atoms with Crippen LogP contribution in [0.5, 0.6) is 5.75 Å². The number of sulfonamides is 1. The van der Waals surface area contributed by atoms with E-state index >= 15 is 0 Å². The van der Waals surface area contributed by atoms with E-state index in [9.17, 15) is 13.2 Å². The molecule has 3 rings (SSSR count). The van der Waals surface area contributed by atoms with E-state index in [0.717, 1.165) is 21.0 Å². The lowest BCUT2D eigenvalue weighted by Gasteiger charge is -2.25. The topological polar surface area (TPSA) is 75.7 Å². The summed E-state index contributed by atoms with van der Waals surface area (Å²) in [6.45, 7) is 5.28. The maximum absolute atomic E-state index is 13.7. The number of benzene rings is 3. The lowest BCUT2D eigenvalue weighted by molar-refractivity contribution is -0.114. The largest absolute Gasteiger partial charge is 0.495 e. The third-order valence-corrected chi connectivity index (χ3v) is 6.81. The van der Waals surface area contributed by atoms with Gasteiger partial charge >= 0.3 is 0 Å². The molecule has 0 saturated heterocycles. The molecule has 1 amide bonds. The summed E-state index contributed by atoms with van der Waals surface area (Å²) in [6.07, 6.45) is 0. The summed E-state index contributed by atoms with van der Waals surface area (Å²) in [7, 11) is -2.67. The van der Waals surface area contributed by atoms with E-state index in [4.69, 9.17) is 4.74 Å². The van der Waals surface area contributed by atoms with Crippen LogP contribution in [0, 0.1) is 20.8 Å². The van der Waals surface area contributed by atoms with Gasteiger partial charge in [-0.2, -0.15) is 0 Å². The highest BCUT2D eigenvalue weighted by molar-refractivity contribution is 7.93. The molecule has 162 valence electrons. The van der Waals surface area contributed by atoms with Crippen molar-refractivity contribution >= 4 is 27.3 Å². The van der Waals surface area contributed by atoms with Crippen LogP contribution >= 0.6 is 0 Å². The number of carbonyl (C=O) groups is 1. The molecule has 0 fully saturated rings. The number of para-hydroxylation sites is 1. The number of amides is 1. The molecular formula is C24H26N2O4S. The second kappa shape index (κ2) is 9.22. The number of rotatable bonds is 7. The second-order valence-corrected chi connectivity index (χ2v) is 9.18. The molecule has 1 N–H and O–H groups in total. The van der Waals surface area contributed by atoms with Crippen LogP contribution in [0.25, 0.3) is 0 Å². The first-order valence-corrected chi connectivity index (χ1v) is 11.3. The number of hydrogen-bond acceptors (Lipinski definition) is 4. The van der Waals surface area contributed by atoms with Gasteiger partial charge in [-0.05, 0) is 73.9 Å². The van der Waals surface area contributed by atoms with Crippen molar-refractivity contribution in [1.82, 2.24) is 0 Å². The van der Waals surface area contributed by atoms with Crippen LogP contribution in [0.1, 0.15) is 16.7 Å². The van der Waals surface area contributed by atoms with E-state index in [0.29, 0.717) is 11.4 Å². The van der Waals surface area contributed by atoms with Crippen LogP contribution in [0.4, 0.5) is 11.4 Å². The molecule has 3 aromatic carbocycles. The average molecular weight is 439 g/mol. The van der Waals surface area contributed by atoms with Gasteiger partial charge in [0.25, 0.3) is 10.0 Å². The summed E-state index contributed by atoms with van der Waals surface area (Å²) in [6, 6.07) is 19.2. The van der Waals surface area contributed by atoms with Gasteiger partial charge in [0.2, 0.25) is 5.91 Å². The van der Waals surface area contributed by atoms with Crippen LogP contribution in [0.2, 0.25) is 0 Å². The third-order valence-electron chi connectivity index (χ3n) is 5.01. The Morgan fingerprint density at radius 1 is 0.935 bits per heavy atom. The van der Waals surface area contributed by atoms with Gasteiger partial charge in [0.05, 0.1) is 12.8 Å². The monoisotopic (exact) mass is 438 g/mol. The standard InChI is InChI=1S/C24H26N2O4S/c1-17-10-13-22(30-4)23(14-17)31(28,29)26(21-12-11-18(2)19(3)15-21)16-24(27)25-20-8-6-5-7-9-20/h5-15H,16H2,1-4H3,(H,25,27). The van der Waals surface area contributed by atoms with E-state index < -0.39 is 15.9 Å². The molecule has 0 aromatic heterocycles. The first kappa shape index (κ1) is 22.4. The van der Waals surface area contributed by atoms with Crippen LogP contribution in [0.15, 0.2) is 71.6 Å². The molecule has 0 unspecified atom stereocenters. The SMILES string of the molecule is COc1ccc(C)cc1S(=O)(=O)N(CC(=O)Nc1ccccc1)c1ccc(C)c(C)c1. The fraction of sp³-hybridized carbons (Fsp3) is 0.208. The van der Waals surface area contributed by atoms with Gasteiger partial charge in [0.15, 0.2) is 0 Å². The molecular weight excluding hydrogens is 412 g/mol. The highest BCUT2D eigenvalue weighted by atomic mass is 32.2. The molecule has 0 heterocycles. The fourth-order valence-electron chi connectivity index (χ4n) is 3.15. The van der Waals surface area contributed by atoms with Crippen LogP contribution in [0.3, 0.4) is 0 Å². The zero-order valence-corrected chi connectivity index (χ0v) is 18.9. The predicted molar refractivity (Wildman–Crippen MR) is 123 cm³/mol. The molecule has 0 aliphatic rings. The van der Waals surface area contributed by atoms with E-state index in [1.807, 2.05) is 26.0 Å². The molecule has 0 aliphatic heterocycles. The Morgan fingerprint density at radius 3 is 2.29 bits per heavy atom. The zero-order valence-electron chi connectivity index (χ0n) is 18.0. The van der Waals surface area contributed by atoms with Gasteiger partial charge in [0, 0.05) is 5.69 Å². The number of carbonyl (C=O) groups excluding carboxylic acids is 1. The van der Waals surface area contributed by atoms with Gasteiger partial charge in [0.1, 0.15) is 17.2 Å². The number of nitrogens with one attached hydrogen (secondary N) is 1. The van der Waals surface area contributed by atoms with Crippen molar-refractivity contribution in [3.05, 3.63) is 83.4 Å². The van der Waals surface area contributed by atoms with Crippen LogP contribution in [-0.2, 0) is 14.8 Å². The predicted octanol–water partition coefficient (Wildman–Crippen LogP) is 4.45. The van der Waals surface area contributed by atoms with Crippen molar-refractivity contribution in [1.29, 1.82) is 0 Å². The number of anilines is 2. The van der Waals surface area contributed by atoms with Gasteiger partial charge in [-0.3, -0.25) is 9.10 Å². The number of aryl methyl sites for hydroxylation is 3. The molecule has 0 saturated carbocycles. The minimum absolute atomic E-state index is 0.0146. The van der Waals surface area contributed by atoms with Gasteiger partial charge in [-0.25, -0.2) is 8.42 Å². The second-order valence-electron chi connectivity index (χ2n) is 7.35. The third kappa shape index (κ3) is 5.06. The maximum Gasteiger partial charge on any atom is 0.268 e. The van der Waals surface area contributed by atoms with Crippen molar-refractivity contribution in [2.75, 3.05) is 23.3 Å². The molecule has 6 nitrogen and oxygen atoms in total. The number of nitrogens with zero attached hydrogens (tertiary/aromatic N) is 1. The Labute approximate surface area is 183 Å². The Hall–Kier alpha value is -3.32. The molecule has 7 heteroatoms. The van der Waals surface area contributed by atoms with Crippen molar-refractivity contribution in [3.63, 3.8) is 0 Å². The van der Waals surface area contributed by atoms with E-state index in [-0.39, 0.29) is 17.2 Å². The van der Waals surface area contributed by atoms with Gasteiger partial charge in [-0.15, -0.1) is 0 Å². The molecule has 31 heavy (non-hydrogen) atoms. The Bertz CT molecular complexity index is 1190. The summed E-state index contributed by atoms with van der Waals surface area (Å²) >= 11 is 0. The summed E-state index contributed by atoms with van der Waals surface area (Å²) in [5.74, 6) is -0.220. The van der Waals surface area contributed by atoms with E-state index in [1.54, 1.807) is 61.5 Å². The Morgan fingerprint density at radius 2 is 1.65 bits per heavy atom. The van der Waals surface area contributed by atoms with Crippen molar-refractivity contribution in [2.45, 2.75) is 25.7 Å².